The SMILES string of the molecule is O=C(C[C@H]1CC=CCC[C@H](Cc2ccccc2)C(=O)OC[C@H](Cc2ccc(OCc3ccccc3)cc2)NC1=O)N[C@H](CO)Cc1ccccc1. The standard InChI is InChI=1S/C43H48N2O6/c46-29-38(26-33-15-7-2-8-16-33)44-41(47)28-36-19-11-4-12-20-37(25-32-13-5-1-6-14-32)43(49)51-31-39(45-42(36)48)27-34-21-23-40(24-22-34)50-30-35-17-9-3-10-18-35/h1-11,13-18,21-24,36-39,46H,12,19-20,25-31H2,(H,44,47)(H,45,48)/t36-,37-,38+,39+/m1/s1. The van der Waals surface area contributed by atoms with E-state index in [0.717, 1.165) is 28.0 Å². The van der Waals surface area contributed by atoms with Gasteiger partial charge in [0.15, 0.2) is 0 Å². The molecule has 8 nitrogen and oxygen atoms in total. The largest absolute Gasteiger partial charge is 0.489 e. The van der Waals surface area contributed by atoms with Crippen molar-refractivity contribution in [2.45, 2.75) is 63.6 Å². The van der Waals surface area contributed by atoms with Crippen molar-refractivity contribution in [2.75, 3.05) is 13.2 Å². The van der Waals surface area contributed by atoms with Crippen LogP contribution in [0.1, 0.15) is 47.9 Å². The lowest BCUT2D eigenvalue weighted by Crippen LogP contribution is -2.45. The number of carbonyl (C=O) groups is 3. The zero-order valence-corrected chi connectivity index (χ0v) is 29.0. The lowest BCUT2D eigenvalue weighted by Gasteiger charge is -2.24. The van der Waals surface area contributed by atoms with Crippen LogP contribution in [-0.2, 0) is 45.0 Å². The van der Waals surface area contributed by atoms with Gasteiger partial charge in [-0.2, -0.15) is 0 Å². The predicted octanol–water partition coefficient (Wildman–Crippen LogP) is 6.16. The lowest BCUT2D eigenvalue weighted by atomic mass is 9.94. The molecule has 0 aromatic heterocycles. The molecule has 2 amide bonds. The number of hydrogen-bond acceptors (Lipinski definition) is 6. The average molecular weight is 689 g/mol. The van der Waals surface area contributed by atoms with Crippen LogP contribution in [0.2, 0.25) is 0 Å². The third kappa shape index (κ3) is 12.6. The second-order valence-corrected chi connectivity index (χ2v) is 13.2. The maximum Gasteiger partial charge on any atom is 0.309 e. The number of esters is 1. The van der Waals surface area contributed by atoms with Crippen LogP contribution < -0.4 is 15.4 Å². The van der Waals surface area contributed by atoms with E-state index in [1.807, 2.05) is 127 Å². The minimum atomic E-state index is -0.648. The molecule has 4 atom stereocenters. The molecule has 0 aliphatic carbocycles. The van der Waals surface area contributed by atoms with Crippen LogP contribution in [-0.4, -0.2) is 48.2 Å². The van der Waals surface area contributed by atoms with E-state index in [1.54, 1.807) is 0 Å². The van der Waals surface area contributed by atoms with Crippen LogP contribution in [0.15, 0.2) is 127 Å². The van der Waals surface area contributed by atoms with Crippen LogP contribution in [0.3, 0.4) is 0 Å². The highest BCUT2D eigenvalue weighted by molar-refractivity contribution is 5.86. The quantitative estimate of drug-likeness (QED) is 0.115. The van der Waals surface area contributed by atoms with Crippen molar-refractivity contribution < 1.29 is 29.0 Å². The van der Waals surface area contributed by atoms with Crippen LogP contribution in [0.25, 0.3) is 0 Å². The molecule has 0 unspecified atom stereocenters. The Labute approximate surface area is 300 Å². The summed E-state index contributed by atoms with van der Waals surface area (Å²) in [5.74, 6) is -1.15. The fourth-order valence-electron chi connectivity index (χ4n) is 6.25. The summed E-state index contributed by atoms with van der Waals surface area (Å²) in [6.45, 7) is 0.233. The minimum absolute atomic E-state index is 0.00186. The molecule has 4 aromatic carbocycles. The van der Waals surface area contributed by atoms with Crippen molar-refractivity contribution in [1.29, 1.82) is 0 Å². The highest BCUT2D eigenvalue weighted by Gasteiger charge is 2.27. The summed E-state index contributed by atoms with van der Waals surface area (Å²) in [5.41, 5.74) is 4.07. The molecule has 4 aromatic rings. The number of hydrogen-bond donors (Lipinski definition) is 3. The Kier molecular flexibility index (Phi) is 14.4. The summed E-state index contributed by atoms with van der Waals surface area (Å²) < 4.78 is 11.9. The molecular weight excluding hydrogens is 640 g/mol. The lowest BCUT2D eigenvalue weighted by molar-refractivity contribution is -0.150. The van der Waals surface area contributed by atoms with Crippen LogP contribution in [0, 0.1) is 11.8 Å². The number of benzene rings is 4. The number of aliphatic hydroxyl groups excluding tert-OH is 1. The third-order valence-electron chi connectivity index (χ3n) is 9.07. The molecule has 0 saturated heterocycles. The van der Waals surface area contributed by atoms with Crippen molar-refractivity contribution in [3.05, 3.63) is 150 Å². The molecule has 3 N–H and O–H groups in total. The van der Waals surface area contributed by atoms with E-state index in [9.17, 15) is 19.5 Å². The monoisotopic (exact) mass is 688 g/mol. The van der Waals surface area contributed by atoms with Crippen molar-refractivity contribution in [1.82, 2.24) is 10.6 Å². The summed E-state index contributed by atoms with van der Waals surface area (Å²) >= 11 is 0. The number of carbonyl (C=O) groups excluding carboxylic acids is 3. The van der Waals surface area contributed by atoms with Gasteiger partial charge in [0.2, 0.25) is 11.8 Å². The van der Waals surface area contributed by atoms with Crippen molar-refractivity contribution in [2.24, 2.45) is 11.8 Å². The Morgan fingerprint density at radius 3 is 2.08 bits per heavy atom. The second kappa shape index (κ2) is 19.8. The molecule has 0 fully saturated rings. The number of aliphatic hydroxyl groups is 1. The Hall–Kier alpha value is -5.21. The van der Waals surface area contributed by atoms with Crippen LogP contribution >= 0.6 is 0 Å². The molecule has 266 valence electrons. The van der Waals surface area contributed by atoms with Crippen molar-refractivity contribution in [3.8, 4) is 5.75 Å². The molecule has 0 spiro atoms. The van der Waals surface area contributed by atoms with Gasteiger partial charge in [-0.15, -0.1) is 0 Å². The molecule has 1 heterocycles. The normalized spacial score (nSPS) is 19.0. The zero-order valence-electron chi connectivity index (χ0n) is 29.0. The summed E-state index contributed by atoms with van der Waals surface area (Å²) in [5, 5.41) is 16.0. The highest BCUT2D eigenvalue weighted by Crippen LogP contribution is 2.21. The number of cyclic esters (lactones) is 1. The van der Waals surface area contributed by atoms with Crippen LogP contribution in [0.5, 0.6) is 5.75 Å². The van der Waals surface area contributed by atoms with E-state index in [1.165, 1.54) is 0 Å². The van der Waals surface area contributed by atoms with E-state index in [0.29, 0.717) is 45.1 Å². The molecule has 8 heteroatoms. The molecule has 1 aliphatic rings. The second-order valence-electron chi connectivity index (χ2n) is 13.2. The first kappa shape index (κ1) is 37.1. The van der Waals surface area contributed by atoms with Gasteiger partial charge in [-0.3, -0.25) is 14.4 Å². The summed E-state index contributed by atoms with van der Waals surface area (Å²) in [6.07, 6.45) is 6.92. The van der Waals surface area contributed by atoms with Gasteiger partial charge in [0.25, 0.3) is 0 Å². The molecule has 1 aliphatic heterocycles. The van der Waals surface area contributed by atoms with Gasteiger partial charge < -0.3 is 25.2 Å². The fourth-order valence-corrected chi connectivity index (χ4v) is 6.25. The van der Waals surface area contributed by atoms with Crippen molar-refractivity contribution in [3.63, 3.8) is 0 Å². The smallest absolute Gasteiger partial charge is 0.309 e. The first-order valence-electron chi connectivity index (χ1n) is 17.8. The first-order chi connectivity index (χ1) is 24.9. The Morgan fingerprint density at radius 1 is 0.784 bits per heavy atom. The Bertz CT molecular complexity index is 1680. The number of ether oxygens (including phenoxy) is 2. The number of rotatable bonds is 13. The van der Waals surface area contributed by atoms with E-state index >= 15 is 0 Å². The van der Waals surface area contributed by atoms with Gasteiger partial charge in [-0.05, 0) is 72.9 Å². The first-order valence-corrected chi connectivity index (χ1v) is 17.8. The van der Waals surface area contributed by atoms with E-state index in [-0.39, 0.29) is 43.3 Å². The van der Waals surface area contributed by atoms with Crippen LogP contribution in [0.4, 0.5) is 0 Å². The molecule has 0 bridgehead atoms. The molecule has 5 rings (SSSR count). The van der Waals surface area contributed by atoms with Gasteiger partial charge in [-0.25, -0.2) is 0 Å². The molecule has 51 heavy (non-hydrogen) atoms. The zero-order chi connectivity index (χ0) is 35.7. The fraction of sp³-hybridized carbons (Fsp3) is 0.326. The Balaban J connectivity index is 1.28. The maximum absolute atomic E-state index is 13.8. The van der Waals surface area contributed by atoms with E-state index in [2.05, 4.69) is 10.6 Å². The number of allylic oxidation sites excluding steroid dienone is 2. The highest BCUT2D eigenvalue weighted by atomic mass is 16.5. The molecule has 0 radical (unpaired) electrons. The van der Waals surface area contributed by atoms with Gasteiger partial charge in [0.05, 0.1) is 30.5 Å². The average Bonchev–Trinajstić information content (AvgIpc) is 3.17. The van der Waals surface area contributed by atoms with E-state index in [4.69, 9.17) is 9.47 Å². The number of nitrogens with one attached hydrogen (secondary N) is 2. The Morgan fingerprint density at radius 2 is 1.41 bits per heavy atom. The van der Waals surface area contributed by atoms with Gasteiger partial charge in [0, 0.05) is 6.42 Å². The summed E-state index contributed by atoms with van der Waals surface area (Å²) in [6, 6.07) is 36.2. The van der Waals surface area contributed by atoms with Crippen molar-refractivity contribution >= 4 is 17.8 Å². The number of amides is 2. The van der Waals surface area contributed by atoms with Gasteiger partial charge in [0.1, 0.15) is 19.0 Å². The predicted molar refractivity (Wildman–Crippen MR) is 198 cm³/mol. The molecule has 0 saturated carbocycles. The topological polar surface area (TPSA) is 114 Å². The maximum atomic E-state index is 13.8. The molecular formula is C43H48N2O6. The minimum Gasteiger partial charge on any atom is -0.489 e. The van der Waals surface area contributed by atoms with Gasteiger partial charge >= 0.3 is 5.97 Å². The van der Waals surface area contributed by atoms with Gasteiger partial charge in [-0.1, -0.05) is 115 Å². The summed E-state index contributed by atoms with van der Waals surface area (Å²) in [7, 11) is 0. The van der Waals surface area contributed by atoms with E-state index < -0.39 is 18.0 Å². The summed E-state index contributed by atoms with van der Waals surface area (Å²) in [4.78, 5) is 40.5. The third-order valence-corrected chi connectivity index (χ3v) is 9.07.